The number of hydrogen-bond acceptors (Lipinski definition) is 4. The molecule has 2 aromatic rings. The molecule has 0 N–H and O–H groups in total. The molecule has 4 nitrogen and oxygen atoms in total. The van der Waals surface area contributed by atoms with Crippen LogP contribution in [0.4, 0.5) is 0 Å². The molecular weight excluding hydrogens is 296 g/mol. The molecule has 0 saturated heterocycles. The first kappa shape index (κ1) is 16.6. The van der Waals surface area contributed by atoms with E-state index in [4.69, 9.17) is 4.74 Å². The molecule has 0 unspecified atom stereocenters. The summed E-state index contributed by atoms with van der Waals surface area (Å²) in [5.41, 5.74) is 1.80. The van der Waals surface area contributed by atoms with Crippen LogP contribution in [0.2, 0.25) is 0 Å². The van der Waals surface area contributed by atoms with Gasteiger partial charge in [0, 0.05) is 24.3 Å². The number of nitrogens with zero attached hydrogens (tertiary/aromatic N) is 2. The summed E-state index contributed by atoms with van der Waals surface area (Å²) in [7, 11) is 3.42. The number of thioether (sulfide) groups is 1. The van der Waals surface area contributed by atoms with Crippen LogP contribution in [0.3, 0.4) is 0 Å². The van der Waals surface area contributed by atoms with Gasteiger partial charge in [-0.15, -0.1) is 0 Å². The molecule has 0 atom stereocenters. The van der Waals surface area contributed by atoms with Crippen LogP contribution >= 0.6 is 11.8 Å². The Morgan fingerprint density at radius 1 is 1.27 bits per heavy atom. The van der Waals surface area contributed by atoms with Gasteiger partial charge in [-0.3, -0.25) is 9.36 Å². The summed E-state index contributed by atoms with van der Waals surface area (Å²) in [6.45, 7) is 6.18. The lowest BCUT2D eigenvalue weighted by Gasteiger charge is -2.19. The minimum absolute atomic E-state index is 0.0203. The fourth-order valence-corrected chi connectivity index (χ4v) is 2.86. The lowest BCUT2D eigenvalue weighted by Crippen LogP contribution is -2.25. The average molecular weight is 318 g/mol. The van der Waals surface area contributed by atoms with Crippen molar-refractivity contribution in [3.63, 3.8) is 0 Å². The van der Waals surface area contributed by atoms with Crippen molar-refractivity contribution in [3.8, 4) is 5.75 Å². The third-order valence-corrected chi connectivity index (χ3v) is 4.47. The first-order valence-corrected chi connectivity index (χ1v) is 8.14. The van der Waals surface area contributed by atoms with Gasteiger partial charge in [0.2, 0.25) is 0 Å². The Balaban J connectivity index is 2.25. The van der Waals surface area contributed by atoms with Crippen LogP contribution in [0.15, 0.2) is 40.3 Å². The van der Waals surface area contributed by atoms with Gasteiger partial charge in [-0.1, -0.05) is 44.7 Å². The molecule has 0 spiro atoms. The summed E-state index contributed by atoms with van der Waals surface area (Å²) in [5, 5.41) is 0.736. The van der Waals surface area contributed by atoms with E-state index in [9.17, 15) is 4.79 Å². The van der Waals surface area contributed by atoms with E-state index in [-0.39, 0.29) is 11.0 Å². The van der Waals surface area contributed by atoms with Gasteiger partial charge in [0.15, 0.2) is 5.16 Å². The zero-order valence-electron chi connectivity index (χ0n) is 13.7. The molecule has 0 amide bonds. The van der Waals surface area contributed by atoms with Crippen molar-refractivity contribution in [2.45, 2.75) is 37.1 Å². The van der Waals surface area contributed by atoms with Crippen molar-refractivity contribution in [2.75, 3.05) is 7.11 Å². The molecule has 5 heteroatoms. The van der Waals surface area contributed by atoms with E-state index in [1.165, 1.54) is 0 Å². The first-order valence-electron chi connectivity index (χ1n) is 7.15. The number of rotatable bonds is 4. The van der Waals surface area contributed by atoms with Gasteiger partial charge < -0.3 is 4.74 Å². The number of benzene rings is 1. The molecule has 22 heavy (non-hydrogen) atoms. The topological polar surface area (TPSA) is 44.1 Å². The Hall–Kier alpha value is -1.75. The van der Waals surface area contributed by atoms with Crippen molar-refractivity contribution in [2.24, 2.45) is 7.05 Å². The molecule has 1 aromatic heterocycles. The second kappa shape index (κ2) is 6.57. The monoisotopic (exact) mass is 318 g/mol. The predicted molar refractivity (Wildman–Crippen MR) is 90.7 cm³/mol. The molecule has 0 fully saturated rings. The molecule has 0 aliphatic heterocycles. The Morgan fingerprint density at radius 2 is 2.00 bits per heavy atom. The van der Waals surface area contributed by atoms with Crippen molar-refractivity contribution >= 4 is 11.8 Å². The van der Waals surface area contributed by atoms with Gasteiger partial charge >= 0.3 is 0 Å². The lowest BCUT2D eigenvalue weighted by atomic mass is 9.92. The van der Waals surface area contributed by atoms with E-state index in [2.05, 4.69) is 25.8 Å². The summed E-state index contributed by atoms with van der Waals surface area (Å²) in [4.78, 5) is 16.8. The SMILES string of the molecule is COc1cccc(CSc2nc(C(C)(C)C)cc(=O)n2C)c1. The minimum atomic E-state index is -0.140. The second-order valence-electron chi connectivity index (χ2n) is 6.21. The maximum absolute atomic E-state index is 12.1. The number of methoxy groups -OCH3 is 1. The van der Waals surface area contributed by atoms with Gasteiger partial charge in [-0.25, -0.2) is 4.98 Å². The highest BCUT2D eigenvalue weighted by Crippen LogP contribution is 2.25. The zero-order chi connectivity index (χ0) is 16.3. The molecule has 0 bridgehead atoms. The van der Waals surface area contributed by atoms with E-state index >= 15 is 0 Å². The van der Waals surface area contributed by atoms with E-state index in [1.807, 2.05) is 24.3 Å². The van der Waals surface area contributed by atoms with Crippen LogP contribution in [0.1, 0.15) is 32.0 Å². The van der Waals surface area contributed by atoms with Gasteiger partial charge in [-0.05, 0) is 17.7 Å². The molecule has 118 valence electrons. The summed E-state index contributed by atoms with van der Waals surface area (Å²) in [5.74, 6) is 1.58. The zero-order valence-corrected chi connectivity index (χ0v) is 14.5. The molecule has 1 heterocycles. The normalized spacial score (nSPS) is 11.5. The van der Waals surface area contributed by atoms with E-state index in [1.54, 1.807) is 36.6 Å². The van der Waals surface area contributed by atoms with Crippen LogP contribution in [0.5, 0.6) is 5.75 Å². The van der Waals surface area contributed by atoms with Gasteiger partial charge in [-0.2, -0.15) is 0 Å². The van der Waals surface area contributed by atoms with E-state index in [0.29, 0.717) is 0 Å². The predicted octanol–water partition coefficient (Wildman–Crippen LogP) is 3.38. The van der Waals surface area contributed by atoms with Gasteiger partial charge in [0.25, 0.3) is 5.56 Å². The number of ether oxygens (including phenoxy) is 1. The largest absolute Gasteiger partial charge is 0.497 e. The van der Waals surface area contributed by atoms with Crippen molar-refractivity contribution in [1.82, 2.24) is 9.55 Å². The summed E-state index contributed by atoms with van der Waals surface area (Å²) < 4.78 is 6.83. The molecule has 0 saturated carbocycles. The fourth-order valence-electron chi connectivity index (χ4n) is 1.94. The molecule has 2 rings (SSSR count). The Kier molecular flexibility index (Phi) is 4.96. The standard InChI is InChI=1S/C17H22N2O2S/c1-17(2,3)14-10-15(20)19(4)16(18-14)22-11-12-7-6-8-13(9-12)21-5/h6-10H,11H2,1-5H3. The Bertz CT molecular complexity index is 717. The fraction of sp³-hybridized carbons (Fsp3) is 0.412. The van der Waals surface area contributed by atoms with Crippen LogP contribution in [-0.4, -0.2) is 16.7 Å². The average Bonchev–Trinajstić information content (AvgIpc) is 2.47. The highest BCUT2D eigenvalue weighted by Gasteiger charge is 2.18. The maximum Gasteiger partial charge on any atom is 0.254 e. The van der Waals surface area contributed by atoms with Crippen molar-refractivity contribution in [1.29, 1.82) is 0 Å². The highest BCUT2D eigenvalue weighted by molar-refractivity contribution is 7.98. The molecule has 0 radical (unpaired) electrons. The minimum Gasteiger partial charge on any atom is -0.497 e. The van der Waals surface area contributed by atoms with Crippen LogP contribution in [0.25, 0.3) is 0 Å². The van der Waals surface area contributed by atoms with Crippen molar-refractivity contribution in [3.05, 3.63) is 51.9 Å². The third-order valence-electron chi connectivity index (χ3n) is 3.36. The number of hydrogen-bond donors (Lipinski definition) is 0. The molecule has 0 aliphatic carbocycles. The summed E-state index contributed by atoms with van der Waals surface area (Å²) in [6, 6.07) is 9.55. The second-order valence-corrected chi connectivity index (χ2v) is 7.15. The van der Waals surface area contributed by atoms with E-state index in [0.717, 1.165) is 27.9 Å². The smallest absolute Gasteiger partial charge is 0.254 e. The van der Waals surface area contributed by atoms with Crippen LogP contribution in [-0.2, 0) is 18.2 Å². The van der Waals surface area contributed by atoms with E-state index < -0.39 is 0 Å². The molecular formula is C17H22N2O2S. The summed E-state index contributed by atoms with van der Waals surface area (Å²) in [6.07, 6.45) is 0. The van der Waals surface area contributed by atoms with Crippen LogP contribution in [0, 0.1) is 0 Å². The van der Waals surface area contributed by atoms with Crippen molar-refractivity contribution < 1.29 is 4.74 Å². The Labute approximate surface area is 135 Å². The third kappa shape index (κ3) is 3.91. The number of aromatic nitrogens is 2. The molecule has 0 aliphatic rings. The lowest BCUT2D eigenvalue weighted by molar-refractivity contribution is 0.414. The Morgan fingerprint density at radius 3 is 2.64 bits per heavy atom. The maximum atomic E-state index is 12.1. The highest BCUT2D eigenvalue weighted by atomic mass is 32.2. The quantitative estimate of drug-likeness (QED) is 0.640. The van der Waals surface area contributed by atoms with Crippen LogP contribution < -0.4 is 10.3 Å². The van der Waals surface area contributed by atoms with Gasteiger partial charge in [0.05, 0.1) is 12.8 Å². The van der Waals surface area contributed by atoms with Gasteiger partial charge in [0.1, 0.15) is 5.75 Å². The first-order chi connectivity index (χ1) is 10.3. The molecule has 1 aromatic carbocycles. The summed E-state index contributed by atoms with van der Waals surface area (Å²) >= 11 is 1.56.